The summed E-state index contributed by atoms with van der Waals surface area (Å²) in [7, 11) is 0. The molecule has 24 heavy (non-hydrogen) atoms. The minimum atomic E-state index is -0.478. The van der Waals surface area contributed by atoms with E-state index in [1.807, 2.05) is 26.8 Å². The molecule has 0 saturated carbocycles. The molecule has 0 N–H and O–H groups in total. The summed E-state index contributed by atoms with van der Waals surface area (Å²) in [6.07, 6.45) is 0. The summed E-state index contributed by atoms with van der Waals surface area (Å²) in [5.74, 6) is -0.384. The molecule has 0 unspecified atom stereocenters. The summed E-state index contributed by atoms with van der Waals surface area (Å²) in [4.78, 5) is 23.5. The molecule has 0 aliphatic rings. The fraction of sp³-hybridized carbons (Fsp3) is 0.300. The molecule has 0 radical (unpaired) electrons. The summed E-state index contributed by atoms with van der Waals surface area (Å²) in [5, 5.41) is 0. The van der Waals surface area contributed by atoms with Gasteiger partial charge >= 0.3 is 0 Å². The maximum atomic E-state index is 13.3. The van der Waals surface area contributed by atoms with Gasteiger partial charge in [0, 0.05) is 5.56 Å². The third-order valence-corrected chi connectivity index (χ3v) is 4.18. The average molecular weight is 328 g/mol. The van der Waals surface area contributed by atoms with Crippen LogP contribution in [0.1, 0.15) is 56.8 Å². The van der Waals surface area contributed by atoms with Crippen molar-refractivity contribution in [1.29, 1.82) is 0 Å². The van der Waals surface area contributed by atoms with E-state index < -0.39 is 5.82 Å². The van der Waals surface area contributed by atoms with E-state index in [1.165, 1.54) is 25.1 Å². The Hall–Kier alpha value is -2.49. The molecule has 2 aromatic rings. The fourth-order valence-corrected chi connectivity index (χ4v) is 3.04. The van der Waals surface area contributed by atoms with Gasteiger partial charge in [0.2, 0.25) is 0 Å². The zero-order valence-corrected chi connectivity index (χ0v) is 14.6. The maximum Gasteiger partial charge on any atom is 0.163 e. The topological polar surface area (TPSA) is 43.4 Å². The number of benzene rings is 2. The van der Waals surface area contributed by atoms with Crippen molar-refractivity contribution in [1.82, 2.24) is 0 Å². The first-order chi connectivity index (χ1) is 11.2. The Morgan fingerprint density at radius 3 is 2.25 bits per heavy atom. The van der Waals surface area contributed by atoms with Crippen LogP contribution in [0.4, 0.5) is 4.39 Å². The lowest BCUT2D eigenvalue weighted by molar-refractivity contribution is 0.100. The lowest BCUT2D eigenvalue weighted by Gasteiger charge is -2.17. The van der Waals surface area contributed by atoms with E-state index in [0.29, 0.717) is 11.3 Å². The molecule has 0 saturated heterocycles. The molecule has 0 fully saturated rings. The first-order valence-electron chi connectivity index (χ1n) is 7.76. The van der Waals surface area contributed by atoms with Gasteiger partial charge in [0.1, 0.15) is 18.2 Å². The Morgan fingerprint density at radius 2 is 1.67 bits per heavy atom. The van der Waals surface area contributed by atoms with Crippen LogP contribution in [0.25, 0.3) is 0 Å². The largest absolute Gasteiger partial charge is 0.488 e. The van der Waals surface area contributed by atoms with Crippen LogP contribution in [0, 0.1) is 26.6 Å². The number of rotatable bonds is 5. The monoisotopic (exact) mass is 328 g/mol. The van der Waals surface area contributed by atoms with Crippen molar-refractivity contribution < 1.29 is 18.7 Å². The molecule has 0 spiro atoms. The lowest BCUT2D eigenvalue weighted by Crippen LogP contribution is -2.09. The van der Waals surface area contributed by atoms with Gasteiger partial charge in [-0.1, -0.05) is 6.07 Å². The van der Waals surface area contributed by atoms with E-state index in [4.69, 9.17) is 4.74 Å². The lowest BCUT2D eigenvalue weighted by atomic mass is 9.92. The van der Waals surface area contributed by atoms with Crippen molar-refractivity contribution in [3.8, 4) is 5.75 Å². The van der Waals surface area contributed by atoms with Gasteiger partial charge in [-0.25, -0.2) is 4.39 Å². The zero-order chi connectivity index (χ0) is 18.0. The molecule has 126 valence electrons. The fourth-order valence-electron chi connectivity index (χ4n) is 3.04. The van der Waals surface area contributed by atoms with Crippen LogP contribution in [0.3, 0.4) is 0 Å². The number of aryl methyl sites for hydroxylation is 2. The van der Waals surface area contributed by atoms with Crippen molar-refractivity contribution in [3.05, 3.63) is 63.5 Å². The summed E-state index contributed by atoms with van der Waals surface area (Å²) in [6, 6.07) is 5.85. The summed E-state index contributed by atoms with van der Waals surface area (Å²) in [6.45, 7) is 8.89. The zero-order valence-electron chi connectivity index (χ0n) is 14.6. The van der Waals surface area contributed by atoms with Crippen LogP contribution in [-0.4, -0.2) is 11.6 Å². The minimum Gasteiger partial charge on any atom is -0.488 e. The molecule has 4 heteroatoms. The predicted octanol–water partition coefficient (Wildman–Crippen LogP) is 4.74. The minimum absolute atomic E-state index is 0.0115. The van der Waals surface area contributed by atoms with Gasteiger partial charge < -0.3 is 4.74 Å². The van der Waals surface area contributed by atoms with Crippen LogP contribution in [0.15, 0.2) is 24.3 Å². The molecular formula is C20H21FO3. The van der Waals surface area contributed by atoms with Gasteiger partial charge in [0.25, 0.3) is 0 Å². The molecule has 3 nitrogen and oxygen atoms in total. The Balaban J connectivity index is 2.39. The maximum absolute atomic E-state index is 13.3. The number of carbonyl (C=O) groups is 2. The highest BCUT2D eigenvalue weighted by molar-refractivity contribution is 5.97. The average Bonchev–Trinajstić information content (AvgIpc) is 2.47. The molecule has 0 aromatic heterocycles. The Labute approximate surface area is 141 Å². The van der Waals surface area contributed by atoms with Gasteiger partial charge in [-0.2, -0.15) is 0 Å². The van der Waals surface area contributed by atoms with Crippen LogP contribution in [0.5, 0.6) is 5.75 Å². The summed E-state index contributed by atoms with van der Waals surface area (Å²) < 4.78 is 19.1. The molecule has 0 aliphatic heterocycles. The highest BCUT2D eigenvalue weighted by Crippen LogP contribution is 2.26. The standard InChI is InChI=1S/C20H21FO3/c1-11-8-12(2)20(15(5)23)13(3)18(11)10-24-19-7-6-16(21)9-17(19)14(4)22/h6-9H,10H2,1-5H3. The van der Waals surface area contributed by atoms with Crippen LogP contribution < -0.4 is 4.74 Å². The van der Waals surface area contributed by atoms with E-state index in [2.05, 4.69) is 0 Å². The highest BCUT2D eigenvalue weighted by Gasteiger charge is 2.16. The van der Waals surface area contributed by atoms with E-state index in [0.717, 1.165) is 22.3 Å². The van der Waals surface area contributed by atoms with E-state index in [-0.39, 0.29) is 23.7 Å². The summed E-state index contributed by atoms with van der Waals surface area (Å²) in [5.41, 5.74) is 4.65. The predicted molar refractivity (Wildman–Crippen MR) is 91.4 cm³/mol. The third-order valence-electron chi connectivity index (χ3n) is 4.18. The Bertz CT molecular complexity index is 822. The summed E-state index contributed by atoms with van der Waals surface area (Å²) >= 11 is 0. The molecule has 0 bridgehead atoms. The first-order valence-corrected chi connectivity index (χ1v) is 7.76. The van der Waals surface area contributed by atoms with Crippen molar-refractivity contribution in [2.75, 3.05) is 0 Å². The van der Waals surface area contributed by atoms with Crippen molar-refractivity contribution in [3.63, 3.8) is 0 Å². The SMILES string of the molecule is CC(=O)c1cc(F)ccc1OCc1c(C)cc(C)c(C(C)=O)c1C. The number of hydrogen-bond donors (Lipinski definition) is 0. The van der Waals surface area contributed by atoms with Gasteiger partial charge in [0.15, 0.2) is 11.6 Å². The molecule has 2 rings (SSSR count). The number of Topliss-reactive ketones (excluding diaryl/α,β-unsaturated/α-hetero) is 2. The highest BCUT2D eigenvalue weighted by atomic mass is 19.1. The molecule has 0 amide bonds. The molecule has 2 aromatic carbocycles. The molecule has 0 aliphatic carbocycles. The Kier molecular flexibility index (Phi) is 5.17. The number of ketones is 2. The van der Waals surface area contributed by atoms with Gasteiger partial charge in [0.05, 0.1) is 5.56 Å². The van der Waals surface area contributed by atoms with Gasteiger partial charge in [-0.05, 0) is 75.1 Å². The number of carbonyl (C=O) groups excluding carboxylic acids is 2. The van der Waals surface area contributed by atoms with Crippen molar-refractivity contribution in [2.24, 2.45) is 0 Å². The molecular weight excluding hydrogens is 307 g/mol. The van der Waals surface area contributed by atoms with E-state index in [9.17, 15) is 14.0 Å². The quantitative estimate of drug-likeness (QED) is 0.745. The van der Waals surface area contributed by atoms with Crippen LogP contribution in [-0.2, 0) is 6.61 Å². The van der Waals surface area contributed by atoms with Crippen LogP contribution in [0.2, 0.25) is 0 Å². The second-order valence-electron chi connectivity index (χ2n) is 6.03. The normalized spacial score (nSPS) is 10.6. The Morgan fingerprint density at radius 1 is 1.00 bits per heavy atom. The molecule has 0 heterocycles. The third kappa shape index (κ3) is 3.53. The van der Waals surface area contributed by atoms with E-state index in [1.54, 1.807) is 6.92 Å². The molecule has 0 atom stereocenters. The smallest absolute Gasteiger partial charge is 0.163 e. The van der Waals surface area contributed by atoms with Crippen molar-refractivity contribution in [2.45, 2.75) is 41.2 Å². The number of ether oxygens (including phenoxy) is 1. The second kappa shape index (κ2) is 6.95. The number of halogens is 1. The first kappa shape index (κ1) is 17.9. The second-order valence-corrected chi connectivity index (χ2v) is 6.03. The van der Waals surface area contributed by atoms with Crippen LogP contribution >= 0.6 is 0 Å². The van der Waals surface area contributed by atoms with E-state index >= 15 is 0 Å². The van der Waals surface area contributed by atoms with Gasteiger partial charge in [-0.3, -0.25) is 9.59 Å². The van der Waals surface area contributed by atoms with Gasteiger partial charge in [-0.15, -0.1) is 0 Å². The number of hydrogen-bond acceptors (Lipinski definition) is 3. The van der Waals surface area contributed by atoms with Crippen molar-refractivity contribution >= 4 is 11.6 Å².